The molecule has 2 heterocycles. The van der Waals surface area contributed by atoms with Crippen LogP contribution in [0.3, 0.4) is 0 Å². The zero-order valence-electron chi connectivity index (χ0n) is 19.2. The number of rotatable bonds is 7. The van der Waals surface area contributed by atoms with Gasteiger partial charge in [0.1, 0.15) is 16.9 Å². The van der Waals surface area contributed by atoms with E-state index in [4.69, 9.17) is 28.2 Å². The smallest absolute Gasteiger partial charge is 0.262 e. The lowest BCUT2D eigenvalue weighted by Crippen LogP contribution is -2.24. The molecule has 0 aliphatic carbocycles. The average Bonchev–Trinajstić information content (AvgIpc) is 3.15. The third-order valence-corrected chi connectivity index (χ3v) is 6.05. The monoisotopic (exact) mass is 497 g/mol. The zero-order valence-corrected chi connectivity index (χ0v) is 20.7. The first-order valence-electron chi connectivity index (χ1n) is 11.1. The molecule has 0 aliphatic rings. The number of benzene rings is 2. The van der Waals surface area contributed by atoms with Crippen LogP contribution in [-0.4, -0.2) is 32.2 Å². The van der Waals surface area contributed by atoms with Crippen LogP contribution in [0.2, 0.25) is 10.0 Å². The fourth-order valence-corrected chi connectivity index (χ4v) is 4.40. The molecule has 0 spiro atoms. The van der Waals surface area contributed by atoms with Crippen molar-refractivity contribution in [1.82, 2.24) is 25.1 Å². The molecule has 0 unspecified atom stereocenters. The number of amides is 1. The van der Waals surface area contributed by atoms with E-state index < -0.39 is 0 Å². The number of nitrogens with one attached hydrogen (secondary N) is 2. The van der Waals surface area contributed by atoms with Crippen molar-refractivity contribution in [2.45, 2.75) is 39.5 Å². The minimum Gasteiger partial charge on any atom is -0.356 e. The zero-order chi connectivity index (χ0) is 24.4. The summed E-state index contributed by atoms with van der Waals surface area (Å²) < 4.78 is 1.56. The van der Waals surface area contributed by atoms with Gasteiger partial charge in [-0.25, -0.2) is 9.67 Å². The van der Waals surface area contributed by atoms with Gasteiger partial charge < -0.3 is 10.3 Å². The number of aromatic nitrogens is 4. The molecule has 2 aromatic carbocycles. The Morgan fingerprint density at radius 2 is 1.74 bits per heavy atom. The van der Waals surface area contributed by atoms with E-state index in [1.54, 1.807) is 22.9 Å². The van der Waals surface area contributed by atoms with Crippen molar-refractivity contribution < 1.29 is 4.79 Å². The number of H-pyrrole nitrogens is 1. The lowest BCUT2D eigenvalue weighted by Gasteiger charge is -2.09. The van der Waals surface area contributed by atoms with E-state index in [-0.39, 0.29) is 17.4 Å². The number of aromatic amines is 1. The van der Waals surface area contributed by atoms with Gasteiger partial charge in [-0.2, -0.15) is 5.10 Å². The number of para-hydroxylation sites is 1. The van der Waals surface area contributed by atoms with E-state index in [1.807, 2.05) is 45.0 Å². The second-order valence-electron chi connectivity index (χ2n) is 8.36. The van der Waals surface area contributed by atoms with E-state index in [0.717, 1.165) is 11.1 Å². The molecule has 0 saturated heterocycles. The van der Waals surface area contributed by atoms with Gasteiger partial charge in [0.15, 0.2) is 5.65 Å². The second kappa shape index (κ2) is 9.99. The summed E-state index contributed by atoms with van der Waals surface area (Å²) in [6.45, 7) is 6.43. The molecule has 7 nitrogen and oxygen atoms in total. The second-order valence-corrected chi connectivity index (χ2v) is 9.17. The van der Waals surface area contributed by atoms with Gasteiger partial charge in [0.05, 0.1) is 22.2 Å². The van der Waals surface area contributed by atoms with Gasteiger partial charge in [0.25, 0.3) is 5.56 Å². The topological polar surface area (TPSA) is 92.7 Å². The highest BCUT2D eigenvalue weighted by molar-refractivity contribution is 6.37. The normalized spacial score (nSPS) is 11.4. The molecule has 4 rings (SSSR count). The molecule has 0 fully saturated rings. The predicted molar refractivity (Wildman–Crippen MR) is 135 cm³/mol. The van der Waals surface area contributed by atoms with Gasteiger partial charge in [-0.1, -0.05) is 67.4 Å². The number of carbonyl (C=O) groups is 1. The first-order chi connectivity index (χ1) is 16.3. The van der Waals surface area contributed by atoms with E-state index >= 15 is 0 Å². The molecule has 176 valence electrons. The standard InChI is InChI=1S/C25H25Cl2N5O2/c1-4-28-20(33)13-16-10-8-15(9-11-16)12-19-29-24-21(25(34)30-19)22(14(2)3)31-32(24)23-17(26)6-5-7-18(23)27/h5-11,14H,4,12-13H2,1-3H3,(H,28,33)(H,29,30,34). The van der Waals surface area contributed by atoms with Crippen LogP contribution in [0.5, 0.6) is 0 Å². The molecule has 4 aromatic rings. The van der Waals surface area contributed by atoms with Gasteiger partial charge in [0.2, 0.25) is 5.91 Å². The van der Waals surface area contributed by atoms with Gasteiger partial charge in [-0.3, -0.25) is 9.59 Å². The van der Waals surface area contributed by atoms with E-state index in [9.17, 15) is 9.59 Å². The van der Waals surface area contributed by atoms with Crippen molar-refractivity contribution in [3.63, 3.8) is 0 Å². The van der Waals surface area contributed by atoms with Crippen molar-refractivity contribution >= 4 is 40.1 Å². The van der Waals surface area contributed by atoms with Crippen LogP contribution in [0.1, 0.15) is 49.3 Å². The molecule has 9 heteroatoms. The molecule has 2 N–H and O–H groups in total. The molecule has 2 aromatic heterocycles. The number of fused-ring (bicyclic) bond motifs is 1. The van der Waals surface area contributed by atoms with Crippen LogP contribution in [0, 0.1) is 0 Å². The highest BCUT2D eigenvalue weighted by Crippen LogP contribution is 2.32. The number of likely N-dealkylation sites (N-methyl/N-ethyl adjacent to an activating group) is 1. The lowest BCUT2D eigenvalue weighted by molar-refractivity contribution is -0.120. The fourth-order valence-electron chi connectivity index (χ4n) is 3.84. The molecule has 0 atom stereocenters. The minimum absolute atomic E-state index is 0.00350. The van der Waals surface area contributed by atoms with Gasteiger partial charge in [-0.15, -0.1) is 0 Å². The van der Waals surface area contributed by atoms with Crippen LogP contribution >= 0.6 is 23.2 Å². The number of nitrogens with zero attached hydrogens (tertiary/aromatic N) is 3. The largest absolute Gasteiger partial charge is 0.356 e. The Bertz CT molecular complexity index is 1390. The Labute approximate surface area is 207 Å². The Morgan fingerprint density at radius 3 is 2.35 bits per heavy atom. The maximum atomic E-state index is 13.1. The summed E-state index contributed by atoms with van der Waals surface area (Å²) in [4.78, 5) is 32.6. The molecule has 0 radical (unpaired) electrons. The third-order valence-electron chi connectivity index (χ3n) is 5.44. The number of halogens is 2. The van der Waals surface area contributed by atoms with Gasteiger partial charge in [0, 0.05) is 13.0 Å². The lowest BCUT2D eigenvalue weighted by atomic mass is 10.1. The quantitative estimate of drug-likeness (QED) is 0.383. The van der Waals surface area contributed by atoms with Crippen LogP contribution in [0.25, 0.3) is 16.7 Å². The van der Waals surface area contributed by atoms with Crippen molar-refractivity contribution in [2.24, 2.45) is 0 Å². The maximum absolute atomic E-state index is 13.1. The van der Waals surface area contributed by atoms with Crippen molar-refractivity contribution in [1.29, 1.82) is 0 Å². The number of hydrogen-bond donors (Lipinski definition) is 2. The Balaban J connectivity index is 1.74. The molecular weight excluding hydrogens is 473 g/mol. The van der Waals surface area contributed by atoms with E-state index in [2.05, 4.69) is 15.4 Å². The molecule has 34 heavy (non-hydrogen) atoms. The Kier molecular flexibility index (Phi) is 7.05. The molecule has 0 saturated carbocycles. The Morgan fingerprint density at radius 1 is 1.09 bits per heavy atom. The molecule has 0 aliphatic heterocycles. The van der Waals surface area contributed by atoms with Crippen molar-refractivity contribution in [2.75, 3.05) is 6.54 Å². The summed E-state index contributed by atoms with van der Waals surface area (Å²) in [7, 11) is 0. The highest BCUT2D eigenvalue weighted by Gasteiger charge is 2.22. The number of carbonyl (C=O) groups excluding carboxylic acids is 1. The van der Waals surface area contributed by atoms with Gasteiger partial charge >= 0.3 is 0 Å². The van der Waals surface area contributed by atoms with E-state index in [1.165, 1.54) is 0 Å². The molecular formula is C25H25Cl2N5O2. The summed E-state index contributed by atoms with van der Waals surface area (Å²) >= 11 is 12.9. The summed E-state index contributed by atoms with van der Waals surface area (Å²) in [5, 5.41) is 8.72. The summed E-state index contributed by atoms with van der Waals surface area (Å²) in [6.07, 6.45) is 0.732. The van der Waals surface area contributed by atoms with Crippen molar-refractivity contribution in [3.8, 4) is 5.69 Å². The summed E-state index contributed by atoms with van der Waals surface area (Å²) in [5.41, 5.74) is 3.13. The van der Waals surface area contributed by atoms with Crippen LogP contribution < -0.4 is 10.9 Å². The SMILES string of the molecule is CCNC(=O)Cc1ccc(Cc2nc3c(c(C(C)C)nn3-c3c(Cl)cccc3Cl)c(=O)[nH]2)cc1. The molecule has 0 bridgehead atoms. The first-order valence-corrected chi connectivity index (χ1v) is 11.8. The summed E-state index contributed by atoms with van der Waals surface area (Å²) in [6, 6.07) is 12.9. The molecule has 1 amide bonds. The van der Waals surface area contributed by atoms with Gasteiger partial charge in [-0.05, 0) is 36.1 Å². The van der Waals surface area contributed by atoms with Crippen LogP contribution in [0.15, 0.2) is 47.3 Å². The highest BCUT2D eigenvalue weighted by atomic mass is 35.5. The Hall–Kier alpha value is -3.16. The fraction of sp³-hybridized carbons (Fsp3) is 0.280. The first kappa shape index (κ1) is 24.0. The van der Waals surface area contributed by atoms with Crippen LogP contribution in [-0.2, 0) is 17.6 Å². The number of hydrogen-bond acceptors (Lipinski definition) is 4. The van der Waals surface area contributed by atoms with Crippen molar-refractivity contribution in [3.05, 3.63) is 85.5 Å². The predicted octanol–water partition coefficient (Wildman–Crippen LogP) is 4.81. The third kappa shape index (κ3) is 4.86. The average molecular weight is 498 g/mol. The summed E-state index contributed by atoms with van der Waals surface area (Å²) in [5.74, 6) is 0.476. The maximum Gasteiger partial charge on any atom is 0.262 e. The minimum atomic E-state index is -0.258. The van der Waals surface area contributed by atoms with Crippen LogP contribution in [0.4, 0.5) is 0 Å². The van der Waals surface area contributed by atoms with E-state index in [0.29, 0.717) is 57.7 Å².